The number of alkyl halides is 1. The molecule has 4 aliphatic rings. The Labute approximate surface area is 309 Å². The van der Waals surface area contributed by atoms with Gasteiger partial charge in [-0.2, -0.15) is 15.2 Å². The molecule has 3 aliphatic heterocycles. The molecule has 2 aromatic heterocycles. The minimum Gasteiger partial charge on any atom is -0.508 e. The number of nitrogens with zero attached hydrogens (tertiary/aromatic N) is 7. The fraction of sp³-hybridized carbons (Fsp3) is 0.462. The van der Waals surface area contributed by atoms with Gasteiger partial charge in [-0.05, 0) is 62.1 Å². The molecule has 2 atom stereocenters. The number of pyridine rings is 1. The molecule has 2 aromatic carbocycles. The monoisotopic (exact) mass is 740 g/mol. The number of phenolic OH excluding ortho intramolecular Hbond substituents is 1. The summed E-state index contributed by atoms with van der Waals surface area (Å²) in [6.45, 7) is 2.96. The molecule has 1 aliphatic carbocycles. The second-order valence-electron chi connectivity index (χ2n) is 14.7. The Morgan fingerprint density at radius 3 is 2.50 bits per heavy atom. The number of amides is 2. The van der Waals surface area contributed by atoms with E-state index in [0.717, 1.165) is 32.2 Å². The zero-order valence-electron chi connectivity index (χ0n) is 29.7. The highest BCUT2D eigenvalue weighted by atomic mass is 19.1. The number of ether oxygens (including phenoxy) is 2. The van der Waals surface area contributed by atoms with Crippen molar-refractivity contribution in [2.45, 2.75) is 56.8 Å². The number of methoxy groups -OCH3 is 1. The van der Waals surface area contributed by atoms with Crippen LogP contribution in [0.3, 0.4) is 0 Å². The lowest BCUT2D eigenvalue weighted by atomic mass is 9.95. The van der Waals surface area contributed by atoms with Crippen molar-refractivity contribution in [3.8, 4) is 47.3 Å². The van der Waals surface area contributed by atoms with Gasteiger partial charge in [0.15, 0.2) is 5.82 Å². The summed E-state index contributed by atoms with van der Waals surface area (Å²) in [5, 5.41) is 23.1. The number of carbonyl (C=O) groups excluding carboxylic acids is 1. The van der Waals surface area contributed by atoms with E-state index in [1.165, 1.54) is 31.4 Å². The Hall–Kier alpha value is -5.54. The maximum absolute atomic E-state index is 17.2. The normalized spacial score (nSPS) is 20.9. The van der Waals surface area contributed by atoms with Gasteiger partial charge in [0.2, 0.25) is 5.88 Å². The van der Waals surface area contributed by atoms with Gasteiger partial charge in [-0.25, -0.2) is 22.9 Å². The van der Waals surface area contributed by atoms with Crippen LogP contribution in [0.2, 0.25) is 0 Å². The quantitative estimate of drug-likeness (QED) is 0.172. The molecule has 12 nitrogen and oxygen atoms in total. The van der Waals surface area contributed by atoms with Crippen LogP contribution in [0, 0.1) is 40.7 Å². The smallest absolute Gasteiger partial charge is 0.319 e. The number of piperazine rings is 1. The Kier molecular flexibility index (Phi) is 9.22. The van der Waals surface area contributed by atoms with Crippen molar-refractivity contribution in [1.82, 2.24) is 30.1 Å². The lowest BCUT2D eigenvalue weighted by molar-refractivity contribution is 0.107. The minimum atomic E-state index is -0.883. The number of rotatable bonds is 9. The fourth-order valence-corrected chi connectivity index (χ4v) is 8.37. The standard InChI is InChI=1S/C39H39F3N8O4/c1-3-27-29(41)7-4-22-16-26(51)17-28(30(22)27)33-32(42)34-31(36(45-33)53-2)35(49-18-24-5-6-25(19-49)50(24)38(52)44-13-12-43)47-37(46-34)54-21-39(10-11-39)20-48-14-8-23(40)9-15-48/h1,4,7,16-17,23-25,51H,5-6,8-11,13-15,18-21H2,2H3,(H,44,52). The van der Waals surface area contributed by atoms with Crippen molar-refractivity contribution in [3.05, 3.63) is 41.5 Å². The van der Waals surface area contributed by atoms with E-state index < -0.39 is 17.8 Å². The first-order chi connectivity index (χ1) is 26.1. The topological polar surface area (TPSA) is 140 Å². The summed E-state index contributed by atoms with van der Waals surface area (Å²) in [6, 6.07) is 6.44. The molecule has 0 spiro atoms. The lowest BCUT2D eigenvalue weighted by Crippen LogP contribution is -2.58. The number of hydrogen-bond donors (Lipinski definition) is 2. The molecule has 2 amide bonds. The van der Waals surface area contributed by atoms with Crippen molar-refractivity contribution < 1.29 is 32.5 Å². The second-order valence-corrected chi connectivity index (χ2v) is 14.7. The number of likely N-dealkylation sites (tertiary alicyclic amines) is 1. The zero-order chi connectivity index (χ0) is 37.7. The third kappa shape index (κ3) is 6.40. The Balaban J connectivity index is 1.23. The largest absolute Gasteiger partial charge is 0.508 e. The maximum atomic E-state index is 17.2. The summed E-state index contributed by atoms with van der Waals surface area (Å²) in [4.78, 5) is 33.0. The molecule has 54 heavy (non-hydrogen) atoms. The lowest BCUT2D eigenvalue weighted by Gasteiger charge is -2.41. The second kappa shape index (κ2) is 14.0. The number of carbonyl (C=O) groups is 1. The van der Waals surface area contributed by atoms with Crippen LogP contribution < -0.4 is 19.7 Å². The van der Waals surface area contributed by atoms with E-state index >= 15 is 8.78 Å². The number of piperidine rings is 1. The fourth-order valence-electron chi connectivity index (χ4n) is 8.37. The average Bonchev–Trinajstić information content (AvgIpc) is 3.89. The number of fused-ring (bicyclic) bond motifs is 4. The molecule has 2 bridgehead atoms. The van der Waals surface area contributed by atoms with Crippen LogP contribution in [0.25, 0.3) is 32.9 Å². The molecule has 2 unspecified atom stereocenters. The molecule has 4 aromatic rings. The van der Waals surface area contributed by atoms with E-state index in [1.807, 2.05) is 11.0 Å². The van der Waals surface area contributed by atoms with Crippen LogP contribution in [0.4, 0.5) is 23.8 Å². The van der Waals surface area contributed by atoms with E-state index in [1.54, 1.807) is 4.90 Å². The predicted molar refractivity (Wildman–Crippen MR) is 194 cm³/mol. The number of hydrogen-bond acceptors (Lipinski definition) is 10. The number of halogens is 3. The Bertz CT molecular complexity index is 2220. The van der Waals surface area contributed by atoms with Crippen LogP contribution in [-0.4, -0.2) is 107 Å². The van der Waals surface area contributed by atoms with Gasteiger partial charge in [-0.1, -0.05) is 12.0 Å². The number of aromatic hydroxyl groups is 1. The van der Waals surface area contributed by atoms with Crippen LogP contribution in [0.15, 0.2) is 24.3 Å². The molecule has 280 valence electrons. The van der Waals surface area contributed by atoms with Crippen molar-refractivity contribution in [2.24, 2.45) is 5.41 Å². The summed E-state index contributed by atoms with van der Waals surface area (Å²) in [6.07, 6.45) is 9.24. The van der Waals surface area contributed by atoms with E-state index in [4.69, 9.17) is 26.1 Å². The number of benzene rings is 2. The van der Waals surface area contributed by atoms with E-state index in [-0.39, 0.29) is 87.4 Å². The van der Waals surface area contributed by atoms with Crippen molar-refractivity contribution in [2.75, 3.05) is 57.9 Å². The number of anilines is 1. The summed E-state index contributed by atoms with van der Waals surface area (Å²) in [5.74, 6) is 0.864. The first-order valence-corrected chi connectivity index (χ1v) is 18.2. The molecular formula is C39H39F3N8O4. The number of nitriles is 1. The van der Waals surface area contributed by atoms with E-state index in [9.17, 15) is 14.3 Å². The summed E-state index contributed by atoms with van der Waals surface area (Å²) >= 11 is 0. The first kappa shape index (κ1) is 35.5. The summed E-state index contributed by atoms with van der Waals surface area (Å²) in [5.41, 5.74) is -0.677. The zero-order valence-corrected chi connectivity index (χ0v) is 29.7. The van der Waals surface area contributed by atoms with Crippen LogP contribution in [0.1, 0.15) is 44.1 Å². The number of urea groups is 1. The van der Waals surface area contributed by atoms with E-state index in [0.29, 0.717) is 50.2 Å². The first-order valence-electron chi connectivity index (χ1n) is 18.2. The summed E-state index contributed by atoms with van der Waals surface area (Å²) in [7, 11) is 1.38. The molecule has 8 rings (SSSR count). The van der Waals surface area contributed by atoms with Gasteiger partial charge < -0.3 is 34.6 Å². The average molecular weight is 741 g/mol. The highest BCUT2D eigenvalue weighted by molar-refractivity contribution is 6.04. The Morgan fingerprint density at radius 2 is 1.83 bits per heavy atom. The number of phenols is 1. The highest BCUT2D eigenvalue weighted by Gasteiger charge is 2.46. The Morgan fingerprint density at radius 1 is 1.09 bits per heavy atom. The molecule has 1 saturated carbocycles. The van der Waals surface area contributed by atoms with Gasteiger partial charge in [-0.3, -0.25) is 0 Å². The predicted octanol–water partition coefficient (Wildman–Crippen LogP) is 5.30. The number of aromatic nitrogens is 3. The number of terminal acetylenes is 1. The van der Waals surface area contributed by atoms with Crippen LogP contribution >= 0.6 is 0 Å². The van der Waals surface area contributed by atoms with Crippen LogP contribution in [-0.2, 0) is 0 Å². The van der Waals surface area contributed by atoms with Gasteiger partial charge in [0.05, 0.1) is 37.4 Å². The van der Waals surface area contributed by atoms with Crippen LogP contribution in [0.5, 0.6) is 17.6 Å². The molecule has 4 fully saturated rings. The molecule has 15 heteroatoms. The third-order valence-electron chi connectivity index (χ3n) is 11.2. The third-order valence-corrected chi connectivity index (χ3v) is 11.2. The van der Waals surface area contributed by atoms with Gasteiger partial charge in [0, 0.05) is 49.1 Å². The van der Waals surface area contributed by atoms with Crippen molar-refractivity contribution in [1.29, 1.82) is 5.26 Å². The maximum Gasteiger partial charge on any atom is 0.319 e. The number of nitrogens with one attached hydrogen (secondary N) is 1. The van der Waals surface area contributed by atoms with Gasteiger partial charge in [0.25, 0.3) is 0 Å². The SMILES string of the molecule is C#Cc1c(F)ccc2cc(O)cc(-c3nc(OC)c4c(N5CC6CCC(C5)N6C(=O)NCC#N)nc(OCC5(CN6CCC(F)CC6)CC5)nc4c3F)c12. The van der Waals surface area contributed by atoms with Gasteiger partial charge in [-0.15, -0.1) is 6.42 Å². The van der Waals surface area contributed by atoms with E-state index in [2.05, 4.69) is 26.1 Å². The molecule has 3 saturated heterocycles. The minimum absolute atomic E-state index is 0.0189. The summed E-state index contributed by atoms with van der Waals surface area (Å²) < 4.78 is 58.2. The molecular weight excluding hydrogens is 701 g/mol. The molecule has 0 radical (unpaired) electrons. The van der Waals surface area contributed by atoms with Gasteiger partial charge >= 0.3 is 12.0 Å². The molecule has 5 heterocycles. The molecule has 2 N–H and O–H groups in total. The van der Waals surface area contributed by atoms with Crippen molar-refractivity contribution >= 4 is 33.5 Å². The van der Waals surface area contributed by atoms with Gasteiger partial charge in [0.1, 0.15) is 46.7 Å². The van der Waals surface area contributed by atoms with Crippen molar-refractivity contribution in [3.63, 3.8) is 0 Å². The highest BCUT2D eigenvalue weighted by Crippen LogP contribution is 2.48.